The molecule has 1 saturated heterocycles. The lowest BCUT2D eigenvalue weighted by Crippen LogP contribution is -2.51. The standard InChI is InChI=1S/C18H28N4O2/c1-13-5-8-19-17(11-13)12-14(2)21(4)18(24)20-16-6-9-22(10-7-16)15(3)23/h5,8,11,14,16H,6-7,9-10,12H2,1-4H3,(H,20,24)/t14-/m0/s1. The largest absolute Gasteiger partial charge is 0.343 e. The molecule has 6 nitrogen and oxygen atoms in total. The molecule has 6 heteroatoms. The minimum absolute atomic E-state index is 0.0589. The molecule has 1 fully saturated rings. The van der Waals surface area contributed by atoms with Gasteiger partial charge in [0.1, 0.15) is 0 Å². The number of pyridine rings is 1. The summed E-state index contributed by atoms with van der Waals surface area (Å²) in [7, 11) is 1.82. The van der Waals surface area contributed by atoms with E-state index in [1.54, 1.807) is 18.0 Å². The Labute approximate surface area is 144 Å². The molecule has 0 radical (unpaired) electrons. The second-order valence-corrected chi connectivity index (χ2v) is 6.72. The van der Waals surface area contributed by atoms with Gasteiger partial charge in [0, 0.05) is 57.5 Å². The van der Waals surface area contributed by atoms with Gasteiger partial charge in [0.05, 0.1) is 0 Å². The van der Waals surface area contributed by atoms with Crippen LogP contribution in [0.3, 0.4) is 0 Å². The number of aromatic nitrogens is 1. The van der Waals surface area contributed by atoms with Crippen molar-refractivity contribution in [3.8, 4) is 0 Å². The molecule has 2 heterocycles. The lowest BCUT2D eigenvalue weighted by molar-refractivity contribution is -0.129. The summed E-state index contributed by atoms with van der Waals surface area (Å²) in [4.78, 5) is 31.7. The van der Waals surface area contributed by atoms with E-state index in [-0.39, 0.29) is 24.0 Å². The van der Waals surface area contributed by atoms with Crippen LogP contribution in [0.5, 0.6) is 0 Å². The normalized spacial score (nSPS) is 16.6. The minimum atomic E-state index is -0.0589. The number of carbonyl (C=O) groups excluding carboxylic acids is 2. The van der Waals surface area contributed by atoms with Crippen molar-refractivity contribution in [3.05, 3.63) is 29.6 Å². The van der Waals surface area contributed by atoms with Crippen molar-refractivity contribution in [2.24, 2.45) is 0 Å². The molecule has 3 amide bonds. The minimum Gasteiger partial charge on any atom is -0.343 e. The van der Waals surface area contributed by atoms with Crippen LogP contribution >= 0.6 is 0 Å². The SMILES string of the molecule is CC(=O)N1CCC(NC(=O)N(C)[C@@H](C)Cc2cc(C)ccn2)CC1. The zero-order valence-corrected chi connectivity index (χ0v) is 15.1. The molecule has 1 aliphatic heterocycles. The van der Waals surface area contributed by atoms with Crippen LogP contribution in [-0.2, 0) is 11.2 Å². The van der Waals surface area contributed by atoms with Gasteiger partial charge in [-0.1, -0.05) is 0 Å². The average molecular weight is 332 g/mol. The maximum atomic E-state index is 12.4. The van der Waals surface area contributed by atoms with Gasteiger partial charge in [-0.3, -0.25) is 9.78 Å². The molecule has 0 aromatic carbocycles. The second-order valence-electron chi connectivity index (χ2n) is 6.72. The van der Waals surface area contributed by atoms with E-state index in [4.69, 9.17) is 0 Å². The summed E-state index contributed by atoms with van der Waals surface area (Å²) >= 11 is 0. The Morgan fingerprint density at radius 3 is 2.67 bits per heavy atom. The van der Waals surface area contributed by atoms with E-state index in [0.29, 0.717) is 13.1 Å². The van der Waals surface area contributed by atoms with Gasteiger partial charge in [0.2, 0.25) is 5.91 Å². The first-order chi connectivity index (χ1) is 11.4. The quantitative estimate of drug-likeness (QED) is 0.917. The van der Waals surface area contributed by atoms with Crippen molar-refractivity contribution < 1.29 is 9.59 Å². The summed E-state index contributed by atoms with van der Waals surface area (Å²) in [6, 6.07) is 4.17. The Morgan fingerprint density at radius 2 is 2.08 bits per heavy atom. The van der Waals surface area contributed by atoms with Gasteiger partial charge in [-0.05, 0) is 44.4 Å². The van der Waals surface area contributed by atoms with Crippen LogP contribution in [0.2, 0.25) is 0 Å². The lowest BCUT2D eigenvalue weighted by Gasteiger charge is -2.33. The lowest BCUT2D eigenvalue weighted by atomic mass is 10.1. The highest BCUT2D eigenvalue weighted by atomic mass is 16.2. The smallest absolute Gasteiger partial charge is 0.317 e. The fraction of sp³-hybridized carbons (Fsp3) is 0.611. The Morgan fingerprint density at radius 1 is 1.42 bits per heavy atom. The molecule has 1 aromatic heterocycles. The maximum absolute atomic E-state index is 12.4. The summed E-state index contributed by atoms with van der Waals surface area (Å²) in [5, 5.41) is 3.08. The highest BCUT2D eigenvalue weighted by Gasteiger charge is 2.24. The van der Waals surface area contributed by atoms with Gasteiger partial charge in [0.25, 0.3) is 0 Å². The summed E-state index contributed by atoms with van der Waals surface area (Å²) in [5.41, 5.74) is 2.17. The van der Waals surface area contributed by atoms with E-state index >= 15 is 0 Å². The first-order valence-electron chi connectivity index (χ1n) is 8.57. The molecule has 0 saturated carbocycles. The van der Waals surface area contributed by atoms with E-state index in [9.17, 15) is 9.59 Å². The molecule has 0 spiro atoms. The average Bonchev–Trinajstić information content (AvgIpc) is 2.54. The summed E-state index contributed by atoms with van der Waals surface area (Å²) in [5.74, 6) is 0.108. The van der Waals surface area contributed by atoms with Crippen molar-refractivity contribution in [1.29, 1.82) is 0 Å². The molecular weight excluding hydrogens is 304 g/mol. The number of carbonyl (C=O) groups is 2. The van der Waals surface area contributed by atoms with E-state index in [1.165, 1.54) is 5.56 Å². The number of nitrogens with one attached hydrogen (secondary N) is 1. The Balaban J connectivity index is 1.82. The van der Waals surface area contributed by atoms with Crippen molar-refractivity contribution in [1.82, 2.24) is 20.1 Å². The van der Waals surface area contributed by atoms with Crippen LogP contribution in [-0.4, -0.2) is 58.9 Å². The fourth-order valence-corrected chi connectivity index (χ4v) is 2.97. The van der Waals surface area contributed by atoms with E-state index in [2.05, 4.69) is 16.4 Å². The number of hydrogen-bond acceptors (Lipinski definition) is 3. The highest BCUT2D eigenvalue weighted by molar-refractivity contribution is 5.75. The number of aryl methyl sites for hydroxylation is 1. The van der Waals surface area contributed by atoms with E-state index in [0.717, 1.165) is 25.0 Å². The predicted molar refractivity (Wildman–Crippen MR) is 93.7 cm³/mol. The van der Waals surface area contributed by atoms with Gasteiger partial charge in [-0.2, -0.15) is 0 Å². The molecule has 0 aliphatic carbocycles. The van der Waals surface area contributed by atoms with Crippen LogP contribution in [0, 0.1) is 6.92 Å². The number of nitrogens with zero attached hydrogens (tertiary/aromatic N) is 3. The van der Waals surface area contributed by atoms with Crippen molar-refractivity contribution >= 4 is 11.9 Å². The third-order valence-corrected chi connectivity index (χ3v) is 4.73. The number of likely N-dealkylation sites (N-methyl/N-ethyl adjacent to an activating group) is 1. The third kappa shape index (κ3) is 4.94. The van der Waals surface area contributed by atoms with Gasteiger partial charge >= 0.3 is 6.03 Å². The Hall–Kier alpha value is -2.11. The molecule has 132 valence electrons. The summed E-state index contributed by atoms with van der Waals surface area (Å²) < 4.78 is 0. The monoisotopic (exact) mass is 332 g/mol. The van der Waals surface area contributed by atoms with Gasteiger partial charge in [-0.15, -0.1) is 0 Å². The molecule has 0 unspecified atom stereocenters. The molecule has 1 aliphatic rings. The Kier molecular flexibility index (Phi) is 6.17. The van der Waals surface area contributed by atoms with Crippen LogP contribution in [0.25, 0.3) is 0 Å². The van der Waals surface area contributed by atoms with Crippen molar-refractivity contribution in [2.75, 3.05) is 20.1 Å². The number of piperidine rings is 1. The Bertz CT molecular complexity index is 582. The molecule has 0 bridgehead atoms. The predicted octanol–water partition coefficient (Wildman–Crippen LogP) is 1.97. The van der Waals surface area contributed by atoms with Crippen LogP contribution in [0.1, 0.15) is 37.9 Å². The van der Waals surface area contributed by atoms with E-state index < -0.39 is 0 Å². The first-order valence-corrected chi connectivity index (χ1v) is 8.57. The maximum Gasteiger partial charge on any atom is 0.317 e. The van der Waals surface area contributed by atoms with Crippen LogP contribution < -0.4 is 5.32 Å². The number of amides is 3. The number of hydrogen-bond donors (Lipinski definition) is 1. The van der Waals surface area contributed by atoms with E-state index in [1.807, 2.05) is 31.9 Å². The molecule has 1 atom stereocenters. The molecule has 1 aromatic rings. The zero-order chi connectivity index (χ0) is 17.7. The van der Waals surface area contributed by atoms with Crippen LogP contribution in [0.15, 0.2) is 18.3 Å². The summed E-state index contributed by atoms with van der Waals surface area (Å²) in [6.07, 6.45) is 4.16. The number of rotatable bonds is 4. The molecule has 2 rings (SSSR count). The number of urea groups is 1. The number of likely N-dealkylation sites (tertiary alicyclic amines) is 1. The zero-order valence-electron chi connectivity index (χ0n) is 15.1. The topological polar surface area (TPSA) is 65.5 Å². The fourth-order valence-electron chi connectivity index (χ4n) is 2.97. The first kappa shape index (κ1) is 18.2. The second kappa shape index (κ2) is 8.13. The third-order valence-electron chi connectivity index (χ3n) is 4.73. The van der Waals surface area contributed by atoms with Gasteiger partial charge in [-0.25, -0.2) is 4.79 Å². The van der Waals surface area contributed by atoms with Gasteiger partial charge in [0.15, 0.2) is 0 Å². The highest BCUT2D eigenvalue weighted by Crippen LogP contribution is 2.12. The van der Waals surface area contributed by atoms with Crippen molar-refractivity contribution in [3.63, 3.8) is 0 Å². The van der Waals surface area contributed by atoms with Crippen molar-refractivity contribution in [2.45, 2.75) is 52.1 Å². The molecule has 1 N–H and O–H groups in total. The molecular formula is C18H28N4O2. The van der Waals surface area contributed by atoms with Crippen LogP contribution in [0.4, 0.5) is 4.79 Å². The van der Waals surface area contributed by atoms with Gasteiger partial charge < -0.3 is 15.1 Å². The molecule has 24 heavy (non-hydrogen) atoms. The summed E-state index contributed by atoms with van der Waals surface area (Å²) in [6.45, 7) is 7.09.